The average molecular weight is 341 g/mol. The minimum Gasteiger partial charge on any atom is -0.305 e. The van der Waals surface area contributed by atoms with E-state index in [1.807, 2.05) is 0 Å². The number of aromatic nitrogens is 1. The van der Waals surface area contributed by atoms with Crippen LogP contribution in [0.15, 0.2) is 27.8 Å². The Morgan fingerprint density at radius 1 is 1.40 bits per heavy atom. The van der Waals surface area contributed by atoms with Crippen molar-refractivity contribution in [2.45, 2.75) is 18.9 Å². The van der Waals surface area contributed by atoms with E-state index in [4.69, 9.17) is 20.6 Å². The van der Waals surface area contributed by atoms with Crippen LogP contribution in [0.4, 0.5) is 0 Å². The Bertz CT molecular complexity index is 624. The van der Waals surface area contributed by atoms with Crippen LogP contribution in [0.25, 0.3) is 0 Å². The molecule has 0 amide bonds. The summed E-state index contributed by atoms with van der Waals surface area (Å²) in [6.07, 6.45) is 1.26. The van der Waals surface area contributed by atoms with E-state index in [0.29, 0.717) is 5.96 Å². The lowest BCUT2D eigenvalue weighted by Crippen LogP contribution is -2.03. The van der Waals surface area contributed by atoms with Gasteiger partial charge in [-0.2, -0.15) is 12.8 Å². The minimum atomic E-state index is -4.17. The fourth-order valence-electron chi connectivity index (χ4n) is 1.19. The van der Waals surface area contributed by atoms with E-state index in [9.17, 15) is 13.0 Å². The molecule has 0 atom stereocenters. The standard InChI is InChI=1S/C10H14ClN2O5PS/c1-3-17-19(14,18-4-2)8-13-20(15,16)10-9(11)6-5-7-12-10/h5-8H,3-4H2,1-2H3. The van der Waals surface area contributed by atoms with Crippen molar-refractivity contribution >= 4 is 35.2 Å². The highest BCUT2D eigenvalue weighted by Gasteiger charge is 2.24. The molecule has 112 valence electrons. The summed E-state index contributed by atoms with van der Waals surface area (Å²) < 4.78 is 49.0. The Hall–Kier alpha value is -0.790. The minimum absolute atomic E-state index is 0.0766. The summed E-state index contributed by atoms with van der Waals surface area (Å²) in [6.45, 7) is 3.38. The SMILES string of the molecule is CCOP(=O)(C=NS(=O)(=O)c1ncccc1Cl)OCC. The van der Waals surface area contributed by atoms with E-state index in [0.717, 1.165) is 0 Å². The van der Waals surface area contributed by atoms with Crippen molar-refractivity contribution in [1.29, 1.82) is 0 Å². The maximum Gasteiger partial charge on any atom is 0.373 e. The molecule has 0 fully saturated rings. The van der Waals surface area contributed by atoms with Gasteiger partial charge < -0.3 is 9.05 Å². The van der Waals surface area contributed by atoms with Crippen molar-refractivity contribution < 1.29 is 22.0 Å². The molecule has 0 unspecified atom stereocenters. The van der Waals surface area contributed by atoms with Crippen LogP contribution in [-0.2, 0) is 23.6 Å². The van der Waals surface area contributed by atoms with Crippen LogP contribution in [0.2, 0.25) is 5.02 Å². The number of rotatable bonds is 7. The fraction of sp³-hybridized carbons (Fsp3) is 0.400. The summed E-state index contributed by atoms with van der Waals surface area (Å²) in [6, 6.07) is 2.85. The van der Waals surface area contributed by atoms with Crippen molar-refractivity contribution in [3.8, 4) is 0 Å². The molecule has 0 aromatic carbocycles. The van der Waals surface area contributed by atoms with Crippen LogP contribution >= 0.6 is 19.2 Å². The van der Waals surface area contributed by atoms with Gasteiger partial charge in [-0.3, -0.25) is 4.57 Å². The number of halogens is 1. The zero-order chi connectivity index (χ0) is 15.2. The van der Waals surface area contributed by atoms with E-state index in [1.54, 1.807) is 13.8 Å². The number of sulfonamides is 1. The van der Waals surface area contributed by atoms with Gasteiger partial charge in [-0.15, -0.1) is 0 Å². The number of hydrogen-bond acceptors (Lipinski definition) is 6. The highest BCUT2D eigenvalue weighted by molar-refractivity contribution is 7.91. The molecule has 0 aliphatic carbocycles. The maximum atomic E-state index is 12.1. The van der Waals surface area contributed by atoms with Gasteiger partial charge in [0, 0.05) is 6.20 Å². The molecule has 10 heteroatoms. The average Bonchev–Trinajstić information content (AvgIpc) is 2.38. The molecule has 0 aliphatic rings. The molecule has 20 heavy (non-hydrogen) atoms. The van der Waals surface area contributed by atoms with Gasteiger partial charge in [0.25, 0.3) is 0 Å². The largest absolute Gasteiger partial charge is 0.373 e. The summed E-state index contributed by atoms with van der Waals surface area (Å²) in [5.74, 6) is 0.653. The zero-order valence-electron chi connectivity index (χ0n) is 10.9. The van der Waals surface area contributed by atoms with Crippen LogP contribution in [0, 0.1) is 0 Å². The summed E-state index contributed by atoms with van der Waals surface area (Å²) >= 11 is 5.73. The second-order valence-corrected chi connectivity index (χ2v) is 7.14. The Morgan fingerprint density at radius 2 is 2.00 bits per heavy atom. The molecule has 0 N–H and O–H groups in total. The number of nitrogens with zero attached hydrogens (tertiary/aromatic N) is 2. The van der Waals surface area contributed by atoms with E-state index < -0.39 is 22.6 Å². The third-order valence-electron chi connectivity index (χ3n) is 1.91. The summed E-state index contributed by atoms with van der Waals surface area (Å²) in [7, 11) is -7.86. The third kappa shape index (κ3) is 4.64. The van der Waals surface area contributed by atoms with Gasteiger partial charge in [-0.05, 0) is 26.0 Å². The topological polar surface area (TPSA) is 94.9 Å². The molecule has 0 saturated carbocycles. The number of hydrogen-bond donors (Lipinski definition) is 0. The first-order chi connectivity index (χ1) is 9.34. The summed E-state index contributed by atoms with van der Waals surface area (Å²) in [5.41, 5.74) is 0. The lowest BCUT2D eigenvalue weighted by atomic mass is 10.5. The maximum absolute atomic E-state index is 12.1. The quantitative estimate of drug-likeness (QED) is 0.559. The molecule has 0 spiro atoms. The molecular formula is C10H14ClN2O5PS. The lowest BCUT2D eigenvalue weighted by molar-refractivity contribution is 0.233. The van der Waals surface area contributed by atoms with Crippen LogP contribution in [0.1, 0.15) is 13.8 Å². The van der Waals surface area contributed by atoms with Crippen LogP contribution in [0.5, 0.6) is 0 Å². The molecular weight excluding hydrogens is 327 g/mol. The van der Waals surface area contributed by atoms with E-state index in [1.165, 1.54) is 18.3 Å². The molecule has 1 aromatic rings. The molecule has 0 radical (unpaired) electrons. The molecule has 0 saturated heterocycles. The first kappa shape index (κ1) is 17.3. The predicted octanol–water partition coefficient (Wildman–Crippen LogP) is 2.72. The van der Waals surface area contributed by atoms with Crippen molar-refractivity contribution in [3.05, 3.63) is 23.4 Å². The first-order valence-electron chi connectivity index (χ1n) is 5.65. The van der Waals surface area contributed by atoms with Crippen molar-refractivity contribution in [1.82, 2.24) is 4.98 Å². The molecule has 0 bridgehead atoms. The monoisotopic (exact) mass is 340 g/mol. The molecule has 1 heterocycles. The zero-order valence-corrected chi connectivity index (χ0v) is 13.4. The molecule has 1 rings (SSSR count). The molecule has 7 nitrogen and oxygen atoms in total. The van der Waals surface area contributed by atoms with E-state index in [-0.39, 0.29) is 18.2 Å². The van der Waals surface area contributed by atoms with Gasteiger partial charge in [-0.25, -0.2) is 4.98 Å². The second kappa shape index (κ2) is 7.28. The Morgan fingerprint density at radius 3 is 2.50 bits per heavy atom. The van der Waals surface area contributed by atoms with Gasteiger partial charge in [0.05, 0.1) is 18.2 Å². The Labute approximate surface area is 122 Å². The van der Waals surface area contributed by atoms with Crippen LogP contribution in [-0.4, -0.2) is 32.6 Å². The lowest BCUT2D eigenvalue weighted by Gasteiger charge is -2.11. The van der Waals surface area contributed by atoms with Gasteiger partial charge >= 0.3 is 17.6 Å². The smallest absolute Gasteiger partial charge is 0.305 e. The van der Waals surface area contributed by atoms with E-state index >= 15 is 0 Å². The Balaban J connectivity index is 3.09. The predicted molar refractivity (Wildman–Crippen MR) is 75.8 cm³/mol. The third-order valence-corrected chi connectivity index (χ3v) is 5.32. The summed E-state index contributed by atoms with van der Waals surface area (Å²) in [4.78, 5) is 3.64. The van der Waals surface area contributed by atoms with Gasteiger partial charge in [-0.1, -0.05) is 11.6 Å². The van der Waals surface area contributed by atoms with Crippen LogP contribution in [0.3, 0.4) is 0 Å². The number of pyridine rings is 1. The van der Waals surface area contributed by atoms with Crippen molar-refractivity contribution in [3.63, 3.8) is 0 Å². The molecule has 1 aromatic heterocycles. The normalized spacial score (nSPS) is 12.9. The van der Waals surface area contributed by atoms with Gasteiger partial charge in [0.1, 0.15) is 5.96 Å². The molecule has 0 aliphatic heterocycles. The van der Waals surface area contributed by atoms with Crippen molar-refractivity contribution in [2.75, 3.05) is 13.2 Å². The second-order valence-electron chi connectivity index (χ2n) is 3.36. The highest BCUT2D eigenvalue weighted by atomic mass is 35.5. The van der Waals surface area contributed by atoms with E-state index in [2.05, 4.69) is 9.38 Å². The van der Waals surface area contributed by atoms with Gasteiger partial charge in [0.15, 0.2) is 5.03 Å². The highest BCUT2D eigenvalue weighted by Crippen LogP contribution is 2.45. The fourth-order valence-corrected chi connectivity index (χ4v) is 4.10. The first-order valence-corrected chi connectivity index (χ1v) is 9.08. The van der Waals surface area contributed by atoms with Gasteiger partial charge in [0.2, 0.25) is 0 Å². The summed E-state index contributed by atoms with van der Waals surface area (Å²) in [5, 5.41) is -0.496. The van der Waals surface area contributed by atoms with Crippen LogP contribution < -0.4 is 0 Å². The van der Waals surface area contributed by atoms with Crippen molar-refractivity contribution in [2.24, 2.45) is 4.40 Å². The Kier molecular flexibility index (Phi) is 6.29.